The van der Waals surface area contributed by atoms with Gasteiger partial charge in [0.05, 0.1) is 11.1 Å². The van der Waals surface area contributed by atoms with Crippen molar-refractivity contribution in [2.75, 3.05) is 0 Å². The Kier molecular flexibility index (Phi) is 3.66. The molecule has 108 valence electrons. The minimum Gasteiger partial charge on any atom is -0.459 e. The molecule has 1 atom stereocenters. The summed E-state index contributed by atoms with van der Waals surface area (Å²) in [5.41, 5.74) is 8.55. The molecule has 0 saturated heterocycles. The molecule has 0 amide bonds. The van der Waals surface area contributed by atoms with Crippen LogP contribution in [0.15, 0.2) is 40.8 Å². The number of fused-ring (bicyclic) bond motifs is 1. The van der Waals surface area contributed by atoms with Gasteiger partial charge in [-0.15, -0.1) is 0 Å². The molecule has 0 aliphatic carbocycles. The topological polar surface area (TPSA) is 39.2 Å². The van der Waals surface area contributed by atoms with Crippen molar-refractivity contribution in [1.82, 2.24) is 0 Å². The summed E-state index contributed by atoms with van der Waals surface area (Å²) in [6, 6.07) is 9.30. The van der Waals surface area contributed by atoms with Crippen LogP contribution in [0.25, 0.3) is 11.0 Å². The monoisotopic (exact) mass is 323 g/mol. The highest BCUT2D eigenvalue weighted by Gasteiger charge is 2.19. The number of nitrogens with two attached hydrogens (primary N) is 1. The van der Waals surface area contributed by atoms with Crippen molar-refractivity contribution in [3.8, 4) is 0 Å². The van der Waals surface area contributed by atoms with E-state index in [1.165, 1.54) is 12.1 Å². The highest BCUT2D eigenvalue weighted by Crippen LogP contribution is 2.33. The molecule has 0 spiro atoms. The second kappa shape index (κ2) is 5.34. The van der Waals surface area contributed by atoms with Gasteiger partial charge in [-0.25, -0.2) is 4.39 Å². The fraction of sp³-hybridized carbons (Fsp3) is 0.125. The summed E-state index contributed by atoms with van der Waals surface area (Å²) in [4.78, 5) is 0. The average Bonchev–Trinajstić information content (AvgIpc) is 2.78. The van der Waals surface area contributed by atoms with Crippen LogP contribution in [0.3, 0.4) is 0 Å². The lowest BCUT2D eigenvalue weighted by molar-refractivity contribution is 0.520. The molecule has 2 N–H and O–H groups in total. The van der Waals surface area contributed by atoms with Crippen molar-refractivity contribution in [2.45, 2.75) is 13.0 Å². The van der Waals surface area contributed by atoms with Crippen molar-refractivity contribution in [1.29, 1.82) is 0 Å². The third-order valence-electron chi connectivity index (χ3n) is 3.52. The first kappa shape index (κ1) is 14.4. The molecule has 3 aromatic rings. The molecule has 3 rings (SSSR count). The minimum atomic E-state index is -0.519. The van der Waals surface area contributed by atoms with Crippen LogP contribution >= 0.6 is 23.2 Å². The minimum absolute atomic E-state index is 0.0414. The van der Waals surface area contributed by atoms with Crippen LogP contribution in [0, 0.1) is 12.7 Å². The first-order chi connectivity index (χ1) is 9.97. The molecule has 0 bridgehead atoms. The first-order valence-corrected chi connectivity index (χ1v) is 7.12. The maximum atomic E-state index is 13.2. The smallest absolute Gasteiger partial charge is 0.141 e. The molecule has 0 radical (unpaired) electrons. The van der Waals surface area contributed by atoms with Crippen LogP contribution in [0.1, 0.15) is 22.9 Å². The Bertz CT molecular complexity index is 829. The number of benzene rings is 2. The van der Waals surface area contributed by atoms with Crippen LogP contribution < -0.4 is 5.73 Å². The summed E-state index contributed by atoms with van der Waals surface area (Å²) in [6.07, 6.45) is 0. The Labute approximate surface area is 131 Å². The maximum absolute atomic E-state index is 13.2. The van der Waals surface area contributed by atoms with E-state index >= 15 is 0 Å². The Hall–Kier alpha value is -1.55. The van der Waals surface area contributed by atoms with Gasteiger partial charge in [0.1, 0.15) is 17.2 Å². The van der Waals surface area contributed by atoms with Gasteiger partial charge in [-0.05, 0) is 42.8 Å². The number of hydrogen-bond donors (Lipinski definition) is 1. The molecule has 5 heteroatoms. The number of hydrogen-bond acceptors (Lipinski definition) is 2. The van der Waals surface area contributed by atoms with Gasteiger partial charge < -0.3 is 10.2 Å². The van der Waals surface area contributed by atoms with Gasteiger partial charge in [0.15, 0.2) is 0 Å². The Morgan fingerprint density at radius 1 is 1.14 bits per heavy atom. The third kappa shape index (κ3) is 2.53. The van der Waals surface area contributed by atoms with E-state index in [-0.39, 0.29) is 5.02 Å². The van der Waals surface area contributed by atoms with Gasteiger partial charge in [0.2, 0.25) is 0 Å². The summed E-state index contributed by atoms with van der Waals surface area (Å²) < 4.78 is 19.1. The quantitative estimate of drug-likeness (QED) is 0.700. The Morgan fingerprint density at radius 3 is 2.62 bits per heavy atom. The van der Waals surface area contributed by atoms with E-state index in [2.05, 4.69) is 0 Å². The van der Waals surface area contributed by atoms with Gasteiger partial charge in [-0.3, -0.25) is 0 Å². The third-order valence-corrected chi connectivity index (χ3v) is 4.05. The molecule has 0 fully saturated rings. The van der Waals surface area contributed by atoms with Gasteiger partial charge in [-0.1, -0.05) is 29.3 Å². The molecule has 2 aromatic carbocycles. The molecule has 1 aromatic heterocycles. The Morgan fingerprint density at radius 2 is 1.90 bits per heavy atom. The zero-order valence-corrected chi connectivity index (χ0v) is 12.7. The number of halogens is 3. The summed E-state index contributed by atoms with van der Waals surface area (Å²) >= 11 is 11.8. The normalized spacial score (nSPS) is 12.8. The van der Waals surface area contributed by atoms with Crippen LogP contribution in [-0.2, 0) is 0 Å². The van der Waals surface area contributed by atoms with E-state index in [0.717, 1.165) is 16.5 Å². The van der Waals surface area contributed by atoms with Gasteiger partial charge in [0.25, 0.3) is 0 Å². The van der Waals surface area contributed by atoms with E-state index in [1.807, 2.05) is 13.0 Å². The highest BCUT2D eigenvalue weighted by molar-refractivity contribution is 6.31. The van der Waals surface area contributed by atoms with Crippen LogP contribution in [0.4, 0.5) is 4.39 Å². The van der Waals surface area contributed by atoms with Gasteiger partial charge in [0, 0.05) is 16.0 Å². The number of rotatable bonds is 2. The molecule has 0 saturated carbocycles. The molecular formula is C16H12Cl2FNO. The van der Waals surface area contributed by atoms with Gasteiger partial charge in [-0.2, -0.15) is 0 Å². The van der Waals surface area contributed by atoms with Crippen LogP contribution in [0.5, 0.6) is 0 Å². The van der Waals surface area contributed by atoms with Crippen molar-refractivity contribution < 1.29 is 8.81 Å². The Balaban J connectivity index is 2.10. The second-order valence-electron chi connectivity index (χ2n) is 4.88. The van der Waals surface area contributed by atoms with Crippen LogP contribution in [0.2, 0.25) is 10.0 Å². The summed E-state index contributed by atoms with van der Waals surface area (Å²) in [5, 5.41) is 1.59. The predicted molar refractivity (Wildman–Crippen MR) is 83.4 cm³/mol. The van der Waals surface area contributed by atoms with Crippen molar-refractivity contribution in [3.05, 3.63) is 69.1 Å². The zero-order chi connectivity index (χ0) is 15.1. The van der Waals surface area contributed by atoms with Crippen LogP contribution in [-0.4, -0.2) is 0 Å². The molecule has 1 heterocycles. The van der Waals surface area contributed by atoms with Gasteiger partial charge >= 0.3 is 0 Å². The first-order valence-electron chi connectivity index (χ1n) is 6.36. The van der Waals surface area contributed by atoms with E-state index in [4.69, 9.17) is 33.4 Å². The second-order valence-corrected chi connectivity index (χ2v) is 5.73. The summed E-state index contributed by atoms with van der Waals surface area (Å²) in [6.45, 7) is 1.92. The largest absolute Gasteiger partial charge is 0.459 e. The molecule has 21 heavy (non-hydrogen) atoms. The average molecular weight is 324 g/mol. The standard InChI is InChI=1S/C16H12Cl2FNO/c1-8-11-7-10(17)3-5-14(11)21-16(8)15(20)9-2-4-13(19)12(18)6-9/h2-7,15H,20H2,1H3. The van der Waals surface area contributed by atoms with E-state index in [1.54, 1.807) is 18.2 Å². The van der Waals surface area contributed by atoms with E-state index in [0.29, 0.717) is 16.3 Å². The highest BCUT2D eigenvalue weighted by atomic mass is 35.5. The molecule has 1 unspecified atom stereocenters. The van der Waals surface area contributed by atoms with Crippen molar-refractivity contribution >= 4 is 34.2 Å². The SMILES string of the molecule is Cc1c(C(N)c2ccc(F)c(Cl)c2)oc2ccc(Cl)cc12. The summed E-state index contributed by atoms with van der Waals surface area (Å²) in [7, 11) is 0. The fourth-order valence-electron chi connectivity index (χ4n) is 2.37. The molecular weight excluding hydrogens is 312 g/mol. The van der Waals surface area contributed by atoms with Crippen molar-refractivity contribution in [3.63, 3.8) is 0 Å². The molecule has 0 aliphatic heterocycles. The number of aryl methyl sites for hydroxylation is 1. The fourth-order valence-corrected chi connectivity index (χ4v) is 2.73. The van der Waals surface area contributed by atoms with E-state index < -0.39 is 11.9 Å². The lowest BCUT2D eigenvalue weighted by Gasteiger charge is -2.11. The molecule has 2 nitrogen and oxygen atoms in total. The lowest BCUT2D eigenvalue weighted by atomic mass is 10.0. The maximum Gasteiger partial charge on any atom is 0.141 e. The zero-order valence-electron chi connectivity index (χ0n) is 11.2. The number of furan rings is 1. The molecule has 0 aliphatic rings. The summed E-state index contributed by atoms with van der Waals surface area (Å²) in [5.74, 6) is 0.149. The van der Waals surface area contributed by atoms with Crippen molar-refractivity contribution in [2.24, 2.45) is 5.73 Å². The predicted octanol–water partition coefficient (Wildman–Crippen LogP) is 5.24. The lowest BCUT2D eigenvalue weighted by Crippen LogP contribution is -2.12. The van der Waals surface area contributed by atoms with E-state index in [9.17, 15) is 4.39 Å².